The number of hydrogen-bond acceptors (Lipinski definition) is 3. The van der Waals surface area contributed by atoms with Crippen LogP contribution in [0.3, 0.4) is 0 Å². The Kier molecular flexibility index (Phi) is 2.60. The van der Waals surface area contributed by atoms with Gasteiger partial charge in [-0.05, 0) is 19.1 Å². The number of Topliss-reactive ketones (excluding diaryl/α,β-unsaturated/α-hetero) is 1. The van der Waals surface area contributed by atoms with E-state index in [1.54, 1.807) is 12.1 Å². The molecule has 2 N–H and O–H groups in total. The number of pyridine rings is 1. The lowest BCUT2D eigenvalue weighted by Gasteiger charge is -2.17. The number of carbonyl (C=O) groups excluding carboxylic acids is 1. The van der Waals surface area contributed by atoms with Gasteiger partial charge in [-0.1, -0.05) is 20.8 Å². The first-order valence-corrected chi connectivity index (χ1v) is 4.60. The molecule has 0 radical (unpaired) electrons. The number of aromatic nitrogens is 1. The number of hydrogen-bond donors (Lipinski definition) is 1. The van der Waals surface area contributed by atoms with E-state index in [4.69, 9.17) is 5.73 Å². The van der Waals surface area contributed by atoms with Crippen LogP contribution in [0.25, 0.3) is 0 Å². The molecule has 0 aliphatic carbocycles. The Morgan fingerprint density at radius 2 is 1.93 bits per heavy atom. The molecule has 3 heteroatoms. The van der Waals surface area contributed by atoms with Crippen LogP contribution in [0.2, 0.25) is 0 Å². The number of nitrogens with two attached hydrogens (primary N) is 1. The average molecular weight is 192 g/mol. The standard InChI is InChI=1S/C11H16N2O/c1-7-5-6-8(12)9(13-7)10(14)11(2,3)4/h5-6H,12H2,1-4H3. The molecule has 0 unspecified atom stereocenters. The molecule has 14 heavy (non-hydrogen) atoms. The van der Waals surface area contributed by atoms with Crippen LogP contribution in [0.1, 0.15) is 37.0 Å². The largest absolute Gasteiger partial charge is 0.397 e. The van der Waals surface area contributed by atoms with Crippen LogP contribution in [0.15, 0.2) is 12.1 Å². The Bertz CT molecular complexity index is 364. The van der Waals surface area contributed by atoms with E-state index in [0.29, 0.717) is 11.4 Å². The Hall–Kier alpha value is -1.38. The molecule has 0 saturated carbocycles. The van der Waals surface area contributed by atoms with Gasteiger partial charge in [0.05, 0.1) is 5.69 Å². The van der Waals surface area contributed by atoms with E-state index in [0.717, 1.165) is 5.69 Å². The summed E-state index contributed by atoms with van der Waals surface area (Å²) in [6, 6.07) is 3.52. The van der Waals surface area contributed by atoms with Crippen molar-refractivity contribution in [1.82, 2.24) is 4.98 Å². The lowest BCUT2D eigenvalue weighted by Crippen LogP contribution is -2.22. The maximum Gasteiger partial charge on any atom is 0.188 e. The fourth-order valence-electron chi connectivity index (χ4n) is 1.10. The zero-order chi connectivity index (χ0) is 10.9. The molecule has 0 saturated heterocycles. The topological polar surface area (TPSA) is 56.0 Å². The van der Waals surface area contributed by atoms with E-state index >= 15 is 0 Å². The second kappa shape index (κ2) is 3.40. The van der Waals surface area contributed by atoms with E-state index in [1.165, 1.54) is 0 Å². The number of nitrogens with zero attached hydrogens (tertiary/aromatic N) is 1. The Morgan fingerprint density at radius 1 is 1.36 bits per heavy atom. The zero-order valence-electron chi connectivity index (χ0n) is 9.09. The second-order valence-corrected chi connectivity index (χ2v) is 4.47. The van der Waals surface area contributed by atoms with Crippen molar-refractivity contribution in [1.29, 1.82) is 0 Å². The number of rotatable bonds is 1. The highest BCUT2D eigenvalue weighted by molar-refractivity contribution is 6.02. The van der Waals surface area contributed by atoms with Crippen LogP contribution in [-0.2, 0) is 0 Å². The van der Waals surface area contributed by atoms with Gasteiger partial charge in [0.1, 0.15) is 5.69 Å². The van der Waals surface area contributed by atoms with Gasteiger partial charge in [0.2, 0.25) is 0 Å². The summed E-state index contributed by atoms with van der Waals surface area (Å²) in [7, 11) is 0. The minimum Gasteiger partial charge on any atom is -0.397 e. The highest BCUT2D eigenvalue weighted by Gasteiger charge is 2.25. The van der Waals surface area contributed by atoms with Crippen LogP contribution in [0, 0.1) is 12.3 Å². The van der Waals surface area contributed by atoms with Crippen LogP contribution < -0.4 is 5.73 Å². The smallest absolute Gasteiger partial charge is 0.188 e. The number of aryl methyl sites for hydroxylation is 1. The molecule has 1 heterocycles. The molecule has 0 aliphatic heterocycles. The number of anilines is 1. The molecule has 0 fully saturated rings. The highest BCUT2D eigenvalue weighted by Crippen LogP contribution is 2.23. The lowest BCUT2D eigenvalue weighted by atomic mass is 9.88. The summed E-state index contributed by atoms with van der Waals surface area (Å²) in [4.78, 5) is 16.1. The maximum atomic E-state index is 11.9. The van der Waals surface area contributed by atoms with Gasteiger partial charge in [-0.25, -0.2) is 4.98 Å². The van der Waals surface area contributed by atoms with Gasteiger partial charge in [-0.15, -0.1) is 0 Å². The number of nitrogen functional groups attached to an aromatic ring is 1. The summed E-state index contributed by atoms with van der Waals surface area (Å²) in [5.74, 6) is -0.0151. The van der Waals surface area contributed by atoms with Crippen LogP contribution in [0.4, 0.5) is 5.69 Å². The molecule has 0 spiro atoms. The van der Waals surface area contributed by atoms with Crippen molar-refractivity contribution < 1.29 is 4.79 Å². The molecular weight excluding hydrogens is 176 g/mol. The van der Waals surface area contributed by atoms with Crippen molar-refractivity contribution in [2.45, 2.75) is 27.7 Å². The van der Waals surface area contributed by atoms with Crippen molar-refractivity contribution in [3.05, 3.63) is 23.5 Å². The lowest BCUT2D eigenvalue weighted by molar-refractivity contribution is 0.0854. The fraction of sp³-hybridized carbons (Fsp3) is 0.455. The minimum atomic E-state index is -0.436. The molecule has 0 aliphatic rings. The zero-order valence-corrected chi connectivity index (χ0v) is 9.09. The minimum absolute atomic E-state index is 0.0151. The van der Waals surface area contributed by atoms with Crippen molar-refractivity contribution in [2.75, 3.05) is 5.73 Å². The first kappa shape index (κ1) is 10.7. The third-order valence-electron chi connectivity index (χ3n) is 1.96. The van der Waals surface area contributed by atoms with Gasteiger partial charge in [0.15, 0.2) is 5.78 Å². The van der Waals surface area contributed by atoms with Crippen molar-refractivity contribution in [3.8, 4) is 0 Å². The predicted octanol–water partition coefficient (Wildman–Crippen LogP) is 2.20. The van der Waals surface area contributed by atoms with E-state index in [2.05, 4.69) is 4.98 Å². The maximum absolute atomic E-state index is 11.9. The quantitative estimate of drug-likeness (QED) is 0.694. The SMILES string of the molecule is Cc1ccc(N)c(C(=O)C(C)(C)C)n1. The van der Waals surface area contributed by atoms with Crippen molar-refractivity contribution in [2.24, 2.45) is 5.41 Å². The van der Waals surface area contributed by atoms with Crippen LogP contribution >= 0.6 is 0 Å². The first-order valence-electron chi connectivity index (χ1n) is 4.60. The predicted molar refractivity (Wildman–Crippen MR) is 57.2 cm³/mol. The van der Waals surface area contributed by atoms with E-state index in [1.807, 2.05) is 27.7 Å². The molecule has 1 aromatic heterocycles. The van der Waals surface area contributed by atoms with Gasteiger partial charge < -0.3 is 5.73 Å². The summed E-state index contributed by atoms with van der Waals surface area (Å²) in [6.07, 6.45) is 0. The van der Waals surface area contributed by atoms with Gasteiger partial charge in [0, 0.05) is 11.1 Å². The molecule has 1 rings (SSSR count). The Morgan fingerprint density at radius 3 is 2.43 bits per heavy atom. The molecule has 0 bridgehead atoms. The third-order valence-corrected chi connectivity index (χ3v) is 1.96. The molecular formula is C11H16N2O. The van der Waals surface area contributed by atoms with Crippen molar-refractivity contribution >= 4 is 11.5 Å². The van der Waals surface area contributed by atoms with Gasteiger partial charge in [-0.2, -0.15) is 0 Å². The summed E-state index contributed by atoms with van der Waals surface area (Å²) in [6.45, 7) is 7.43. The number of carbonyl (C=O) groups is 1. The highest BCUT2D eigenvalue weighted by atomic mass is 16.1. The molecule has 0 aromatic carbocycles. The second-order valence-electron chi connectivity index (χ2n) is 4.47. The first-order chi connectivity index (χ1) is 6.32. The molecule has 0 atom stereocenters. The monoisotopic (exact) mass is 192 g/mol. The Balaban J connectivity index is 3.19. The average Bonchev–Trinajstić information content (AvgIpc) is 2.06. The normalized spacial score (nSPS) is 11.4. The van der Waals surface area contributed by atoms with Crippen LogP contribution in [0.5, 0.6) is 0 Å². The molecule has 76 valence electrons. The third kappa shape index (κ3) is 2.10. The van der Waals surface area contributed by atoms with Gasteiger partial charge >= 0.3 is 0 Å². The van der Waals surface area contributed by atoms with Crippen molar-refractivity contribution in [3.63, 3.8) is 0 Å². The molecule has 3 nitrogen and oxygen atoms in total. The fourth-order valence-corrected chi connectivity index (χ4v) is 1.10. The van der Waals surface area contributed by atoms with Crippen LogP contribution in [-0.4, -0.2) is 10.8 Å². The summed E-state index contributed by atoms with van der Waals surface area (Å²) in [5.41, 5.74) is 6.92. The van der Waals surface area contributed by atoms with Gasteiger partial charge in [-0.3, -0.25) is 4.79 Å². The summed E-state index contributed by atoms with van der Waals surface area (Å²) in [5, 5.41) is 0. The van der Waals surface area contributed by atoms with E-state index in [9.17, 15) is 4.79 Å². The summed E-state index contributed by atoms with van der Waals surface area (Å²) < 4.78 is 0. The van der Waals surface area contributed by atoms with Gasteiger partial charge in [0.25, 0.3) is 0 Å². The van der Waals surface area contributed by atoms with E-state index in [-0.39, 0.29) is 5.78 Å². The molecule has 0 amide bonds. The number of ketones is 1. The Labute approximate surface area is 84.3 Å². The summed E-state index contributed by atoms with van der Waals surface area (Å²) >= 11 is 0. The molecule has 1 aromatic rings. The van der Waals surface area contributed by atoms with E-state index < -0.39 is 5.41 Å².